The van der Waals surface area contributed by atoms with Gasteiger partial charge in [-0.2, -0.15) is 0 Å². The van der Waals surface area contributed by atoms with E-state index in [1.165, 1.54) is 5.56 Å². The molecule has 0 bridgehead atoms. The van der Waals surface area contributed by atoms with Crippen LogP contribution in [0.15, 0.2) is 24.3 Å². The molecule has 0 heterocycles. The van der Waals surface area contributed by atoms with Gasteiger partial charge in [0.25, 0.3) is 0 Å². The molecule has 90 valence electrons. The average molecular weight is 223 g/mol. The van der Waals surface area contributed by atoms with Crippen LogP contribution >= 0.6 is 0 Å². The number of hydrogen-bond acceptors (Lipinski definition) is 3. The second-order valence-electron chi connectivity index (χ2n) is 3.90. The van der Waals surface area contributed by atoms with E-state index >= 15 is 0 Å². The van der Waals surface area contributed by atoms with Gasteiger partial charge in [-0.15, -0.1) is 0 Å². The molecule has 0 amide bonds. The Morgan fingerprint density at radius 2 is 2.06 bits per heavy atom. The summed E-state index contributed by atoms with van der Waals surface area (Å²) < 4.78 is 10.5. The van der Waals surface area contributed by atoms with Crippen LogP contribution in [0.5, 0.6) is 5.75 Å². The van der Waals surface area contributed by atoms with Crippen molar-refractivity contribution >= 4 is 0 Å². The van der Waals surface area contributed by atoms with Gasteiger partial charge in [-0.1, -0.05) is 19.1 Å². The summed E-state index contributed by atoms with van der Waals surface area (Å²) in [5, 5.41) is 0. The number of benzene rings is 1. The molecule has 1 rings (SSSR count). The van der Waals surface area contributed by atoms with Crippen molar-refractivity contribution in [2.75, 3.05) is 14.2 Å². The van der Waals surface area contributed by atoms with Crippen molar-refractivity contribution in [1.29, 1.82) is 0 Å². The van der Waals surface area contributed by atoms with Crippen molar-refractivity contribution in [1.82, 2.24) is 0 Å². The molecule has 0 aromatic heterocycles. The molecule has 0 aliphatic carbocycles. The maximum absolute atomic E-state index is 6.10. The van der Waals surface area contributed by atoms with Crippen LogP contribution in [0.25, 0.3) is 0 Å². The van der Waals surface area contributed by atoms with E-state index < -0.39 is 0 Å². The van der Waals surface area contributed by atoms with Gasteiger partial charge >= 0.3 is 0 Å². The minimum absolute atomic E-state index is 0.0297. The minimum Gasteiger partial charge on any atom is -0.497 e. The summed E-state index contributed by atoms with van der Waals surface area (Å²) in [6.07, 6.45) is 1.86. The Labute approximate surface area is 97.6 Å². The smallest absolute Gasteiger partial charge is 0.119 e. The van der Waals surface area contributed by atoms with Crippen LogP contribution in [0.2, 0.25) is 0 Å². The van der Waals surface area contributed by atoms with Gasteiger partial charge in [0, 0.05) is 13.2 Å². The molecule has 16 heavy (non-hydrogen) atoms. The molecule has 3 heteroatoms. The molecule has 0 fully saturated rings. The first-order valence-electron chi connectivity index (χ1n) is 5.62. The second kappa shape index (κ2) is 6.51. The van der Waals surface area contributed by atoms with Crippen molar-refractivity contribution in [3.05, 3.63) is 29.8 Å². The van der Waals surface area contributed by atoms with Gasteiger partial charge in [0.2, 0.25) is 0 Å². The van der Waals surface area contributed by atoms with Gasteiger partial charge in [-0.25, -0.2) is 0 Å². The largest absolute Gasteiger partial charge is 0.497 e. The summed E-state index contributed by atoms with van der Waals surface area (Å²) in [7, 11) is 3.38. The number of ether oxygens (including phenoxy) is 2. The van der Waals surface area contributed by atoms with Crippen molar-refractivity contribution in [3.63, 3.8) is 0 Å². The highest BCUT2D eigenvalue weighted by atomic mass is 16.5. The molecule has 0 saturated carbocycles. The molecule has 0 radical (unpaired) electrons. The molecule has 3 nitrogen and oxygen atoms in total. The molecule has 2 N–H and O–H groups in total. The van der Waals surface area contributed by atoms with Crippen LogP contribution in [0, 0.1) is 0 Å². The number of hydrogen-bond donors (Lipinski definition) is 1. The molecule has 2 unspecified atom stereocenters. The van der Waals surface area contributed by atoms with Crippen LogP contribution < -0.4 is 10.5 Å². The summed E-state index contributed by atoms with van der Waals surface area (Å²) >= 11 is 0. The summed E-state index contributed by atoms with van der Waals surface area (Å²) in [6, 6.07) is 8.02. The van der Waals surface area contributed by atoms with E-state index in [2.05, 4.69) is 13.0 Å². The number of nitrogens with two attached hydrogens (primary N) is 1. The lowest BCUT2D eigenvalue weighted by molar-refractivity contribution is 0.0773. The Bertz CT molecular complexity index is 311. The van der Waals surface area contributed by atoms with E-state index in [-0.39, 0.29) is 12.1 Å². The van der Waals surface area contributed by atoms with Gasteiger partial charge in [0.15, 0.2) is 0 Å². The highest BCUT2D eigenvalue weighted by Crippen LogP contribution is 2.15. The Morgan fingerprint density at radius 1 is 1.31 bits per heavy atom. The molecule has 0 aliphatic rings. The fraction of sp³-hybridized carbons (Fsp3) is 0.538. The first-order chi connectivity index (χ1) is 7.71. The van der Waals surface area contributed by atoms with Crippen LogP contribution in [-0.2, 0) is 11.2 Å². The maximum Gasteiger partial charge on any atom is 0.119 e. The van der Waals surface area contributed by atoms with Gasteiger partial charge < -0.3 is 15.2 Å². The fourth-order valence-electron chi connectivity index (χ4n) is 1.85. The quantitative estimate of drug-likeness (QED) is 0.802. The van der Waals surface area contributed by atoms with Gasteiger partial charge in [0.1, 0.15) is 5.75 Å². The third-order valence-corrected chi connectivity index (χ3v) is 2.79. The van der Waals surface area contributed by atoms with Crippen LogP contribution in [0.3, 0.4) is 0 Å². The molecule has 1 aromatic rings. The molecule has 0 aliphatic heterocycles. The Kier molecular flexibility index (Phi) is 5.29. The first kappa shape index (κ1) is 13.0. The summed E-state index contributed by atoms with van der Waals surface area (Å²) in [6.45, 7) is 2.08. The van der Waals surface area contributed by atoms with E-state index in [4.69, 9.17) is 15.2 Å². The second-order valence-corrected chi connectivity index (χ2v) is 3.90. The zero-order valence-electron chi connectivity index (χ0n) is 10.3. The SMILES string of the molecule is CCC(OC)C(N)Cc1cccc(OC)c1. The highest BCUT2D eigenvalue weighted by molar-refractivity contribution is 5.29. The Hall–Kier alpha value is -1.06. The van der Waals surface area contributed by atoms with Crippen molar-refractivity contribution in [3.8, 4) is 5.75 Å². The van der Waals surface area contributed by atoms with E-state index in [9.17, 15) is 0 Å². The fourth-order valence-corrected chi connectivity index (χ4v) is 1.85. The summed E-state index contributed by atoms with van der Waals surface area (Å²) in [5.41, 5.74) is 7.28. The van der Waals surface area contributed by atoms with Gasteiger partial charge in [-0.05, 0) is 30.5 Å². The highest BCUT2D eigenvalue weighted by Gasteiger charge is 2.15. The molecule has 0 spiro atoms. The number of methoxy groups -OCH3 is 2. The van der Waals surface area contributed by atoms with Gasteiger partial charge in [0.05, 0.1) is 13.2 Å². The molecular weight excluding hydrogens is 202 g/mol. The van der Waals surface area contributed by atoms with E-state index in [1.807, 2.05) is 18.2 Å². The first-order valence-corrected chi connectivity index (χ1v) is 5.62. The van der Waals surface area contributed by atoms with E-state index in [0.29, 0.717) is 0 Å². The normalized spacial score (nSPS) is 14.5. The average Bonchev–Trinajstić information content (AvgIpc) is 2.31. The Balaban J connectivity index is 2.64. The zero-order valence-corrected chi connectivity index (χ0v) is 10.3. The van der Waals surface area contributed by atoms with Crippen LogP contribution in [-0.4, -0.2) is 26.4 Å². The van der Waals surface area contributed by atoms with Crippen LogP contribution in [0.4, 0.5) is 0 Å². The van der Waals surface area contributed by atoms with E-state index in [1.54, 1.807) is 14.2 Å². The predicted octanol–water partition coefficient (Wildman–Crippen LogP) is 1.99. The monoisotopic (exact) mass is 223 g/mol. The topological polar surface area (TPSA) is 44.5 Å². The maximum atomic E-state index is 6.10. The third-order valence-electron chi connectivity index (χ3n) is 2.79. The molecule has 1 aromatic carbocycles. The summed E-state index contributed by atoms with van der Waals surface area (Å²) in [4.78, 5) is 0. The molecule has 2 atom stereocenters. The van der Waals surface area contributed by atoms with Crippen molar-refractivity contribution < 1.29 is 9.47 Å². The number of rotatable bonds is 6. The van der Waals surface area contributed by atoms with Crippen molar-refractivity contribution in [2.45, 2.75) is 31.9 Å². The van der Waals surface area contributed by atoms with Crippen molar-refractivity contribution in [2.24, 2.45) is 5.73 Å². The lowest BCUT2D eigenvalue weighted by Gasteiger charge is -2.21. The molecular formula is C13H21NO2. The lowest BCUT2D eigenvalue weighted by atomic mass is 10.0. The minimum atomic E-state index is 0.0297. The standard InChI is InChI=1S/C13H21NO2/c1-4-13(16-3)12(14)9-10-6-5-7-11(8-10)15-2/h5-8,12-13H,4,9,14H2,1-3H3. The van der Waals surface area contributed by atoms with Crippen LogP contribution in [0.1, 0.15) is 18.9 Å². The predicted molar refractivity (Wildman–Crippen MR) is 65.8 cm³/mol. The third kappa shape index (κ3) is 3.51. The lowest BCUT2D eigenvalue weighted by Crippen LogP contribution is -2.37. The Morgan fingerprint density at radius 3 is 2.62 bits per heavy atom. The zero-order chi connectivity index (χ0) is 12.0. The summed E-state index contributed by atoms with van der Waals surface area (Å²) in [5.74, 6) is 0.871. The van der Waals surface area contributed by atoms with E-state index in [0.717, 1.165) is 18.6 Å². The molecule has 0 saturated heterocycles. The van der Waals surface area contributed by atoms with Gasteiger partial charge in [-0.3, -0.25) is 0 Å².